The maximum absolute atomic E-state index is 12.4. The molecule has 7 nitrogen and oxygen atoms in total. The number of aromatic amines is 1. The van der Waals surface area contributed by atoms with Gasteiger partial charge in [-0.05, 0) is 19.8 Å². The molecule has 0 saturated heterocycles. The maximum atomic E-state index is 12.4. The average molecular weight is 343 g/mol. The second-order valence-electron chi connectivity index (χ2n) is 4.79. The van der Waals surface area contributed by atoms with E-state index in [0.717, 1.165) is 0 Å². The lowest BCUT2D eigenvalue weighted by Gasteiger charge is -2.23. The van der Waals surface area contributed by atoms with E-state index in [2.05, 4.69) is 19.9 Å². The number of nitrogens with zero attached hydrogens (tertiary/aromatic N) is 3. The summed E-state index contributed by atoms with van der Waals surface area (Å²) in [6.45, 7) is 5.75. The molecule has 22 heavy (non-hydrogen) atoms. The number of H-pyrrole nitrogens is 1. The molecular formula is C11H20F3N5O2S. The standard InChI is InChI=1S/C11H20F3N5O2S/c1-4-6-19(7-5-2)22(20,21)18-8(3)9-15-10(17-16-9)11(12,13)14/h8,18H,4-7H2,1-3H3,(H,15,16,17). The fourth-order valence-electron chi connectivity index (χ4n) is 1.80. The van der Waals surface area contributed by atoms with Gasteiger partial charge in [0.1, 0.15) is 5.82 Å². The quantitative estimate of drug-likeness (QED) is 0.753. The fraction of sp³-hybridized carbons (Fsp3) is 0.818. The zero-order valence-electron chi connectivity index (χ0n) is 12.6. The van der Waals surface area contributed by atoms with Crippen LogP contribution in [0.5, 0.6) is 0 Å². The molecule has 0 aliphatic rings. The monoisotopic (exact) mass is 343 g/mol. The lowest BCUT2D eigenvalue weighted by atomic mass is 10.3. The molecule has 0 spiro atoms. The van der Waals surface area contributed by atoms with Gasteiger partial charge in [-0.15, -0.1) is 5.10 Å². The van der Waals surface area contributed by atoms with E-state index < -0.39 is 28.3 Å². The Morgan fingerprint density at radius 1 is 1.27 bits per heavy atom. The highest BCUT2D eigenvalue weighted by molar-refractivity contribution is 7.87. The summed E-state index contributed by atoms with van der Waals surface area (Å²) in [7, 11) is -3.81. The molecule has 2 N–H and O–H groups in total. The summed E-state index contributed by atoms with van der Waals surface area (Å²) < 4.78 is 65.3. The van der Waals surface area contributed by atoms with Crippen LogP contribution in [0.4, 0.5) is 13.2 Å². The highest BCUT2D eigenvalue weighted by Gasteiger charge is 2.37. The van der Waals surface area contributed by atoms with Gasteiger partial charge in [0.25, 0.3) is 16.0 Å². The van der Waals surface area contributed by atoms with E-state index in [-0.39, 0.29) is 5.82 Å². The molecule has 1 aromatic heterocycles. The van der Waals surface area contributed by atoms with Gasteiger partial charge in [-0.2, -0.15) is 30.6 Å². The number of rotatable bonds is 8. The van der Waals surface area contributed by atoms with Crippen LogP contribution in [0.3, 0.4) is 0 Å². The number of nitrogens with one attached hydrogen (secondary N) is 2. The molecular weight excluding hydrogens is 323 g/mol. The molecule has 0 aliphatic heterocycles. The first kappa shape index (κ1) is 18.8. The SMILES string of the molecule is CCCN(CCC)S(=O)(=O)NC(C)c1nc(C(F)(F)F)n[nH]1. The third kappa shape index (κ3) is 4.92. The highest BCUT2D eigenvalue weighted by Crippen LogP contribution is 2.26. The Hall–Kier alpha value is -1.20. The van der Waals surface area contributed by atoms with Crippen molar-refractivity contribution >= 4 is 10.2 Å². The molecule has 1 unspecified atom stereocenters. The fourth-order valence-corrected chi connectivity index (χ4v) is 3.35. The molecule has 128 valence electrons. The summed E-state index contributed by atoms with van der Waals surface area (Å²) in [4.78, 5) is 3.28. The Bertz CT molecular complexity index is 567. The molecule has 0 aliphatic carbocycles. The predicted molar refractivity (Wildman–Crippen MR) is 74.0 cm³/mol. The Morgan fingerprint density at radius 2 is 1.82 bits per heavy atom. The van der Waals surface area contributed by atoms with E-state index in [1.54, 1.807) is 0 Å². The van der Waals surface area contributed by atoms with Crippen molar-refractivity contribution in [1.29, 1.82) is 0 Å². The van der Waals surface area contributed by atoms with E-state index in [1.807, 2.05) is 13.8 Å². The largest absolute Gasteiger partial charge is 0.453 e. The topological polar surface area (TPSA) is 91.0 Å². The minimum Gasteiger partial charge on any atom is -0.261 e. The van der Waals surface area contributed by atoms with Gasteiger partial charge in [0, 0.05) is 13.1 Å². The van der Waals surface area contributed by atoms with E-state index in [0.29, 0.717) is 25.9 Å². The van der Waals surface area contributed by atoms with Crippen LogP contribution in [0.2, 0.25) is 0 Å². The zero-order chi connectivity index (χ0) is 17.0. The third-order valence-electron chi connectivity index (χ3n) is 2.78. The van der Waals surface area contributed by atoms with Crippen molar-refractivity contribution in [3.8, 4) is 0 Å². The van der Waals surface area contributed by atoms with Crippen LogP contribution in [0.15, 0.2) is 0 Å². The van der Waals surface area contributed by atoms with Crippen molar-refractivity contribution in [2.45, 2.75) is 45.8 Å². The number of alkyl halides is 3. The average Bonchev–Trinajstić information content (AvgIpc) is 2.87. The molecule has 0 radical (unpaired) electrons. The molecule has 0 fully saturated rings. The van der Waals surface area contributed by atoms with Crippen LogP contribution in [-0.4, -0.2) is 41.0 Å². The Morgan fingerprint density at radius 3 is 2.23 bits per heavy atom. The van der Waals surface area contributed by atoms with Crippen LogP contribution in [0.1, 0.15) is 51.3 Å². The summed E-state index contributed by atoms with van der Waals surface area (Å²) in [5, 5.41) is 5.16. The maximum Gasteiger partial charge on any atom is 0.453 e. The lowest BCUT2D eigenvalue weighted by molar-refractivity contribution is -0.144. The van der Waals surface area contributed by atoms with Gasteiger partial charge < -0.3 is 0 Å². The van der Waals surface area contributed by atoms with E-state index >= 15 is 0 Å². The van der Waals surface area contributed by atoms with Crippen molar-refractivity contribution in [3.05, 3.63) is 11.6 Å². The Balaban J connectivity index is 2.85. The molecule has 1 heterocycles. The number of hydrogen-bond donors (Lipinski definition) is 2. The van der Waals surface area contributed by atoms with Crippen LogP contribution in [0, 0.1) is 0 Å². The van der Waals surface area contributed by atoms with E-state index in [4.69, 9.17) is 0 Å². The van der Waals surface area contributed by atoms with Crippen molar-refractivity contribution in [3.63, 3.8) is 0 Å². The normalized spacial score (nSPS) is 14.5. The first-order chi connectivity index (χ1) is 10.1. The summed E-state index contributed by atoms with van der Waals surface area (Å²) in [6, 6.07) is -0.954. The molecule has 1 rings (SSSR count). The number of aromatic nitrogens is 3. The summed E-state index contributed by atoms with van der Waals surface area (Å²) in [6.07, 6.45) is -3.41. The first-order valence-corrected chi connectivity index (χ1v) is 8.32. The third-order valence-corrected chi connectivity index (χ3v) is 4.47. The molecule has 11 heteroatoms. The van der Waals surface area contributed by atoms with Crippen LogP contribution < -0.4 is 4.72 Å². The molecule has 0 saturated carbocycles. The lowest BCUT2D eigenvalue weighted by Crippen LogP contribution is -2.42. The molecule has 0 aromatic carbocycles. The first-order valence-electron chi connectivity index (χ1n) is 6.88. The van der Waals surface area contributed by atoms with Gasteiger partial charge in [0.05, 0.1) is 6.04 Å². The predicted octanol–water partition coefficient (Wildman–Crippen LogP) is 1.84. The minimum atomic E-state index is -4.68. The Labute approximate surface area is 127 Å². The second-order valence-corrected chi connectivity index (χ2v) is 6.49. The van der Waals surface area contributed by atoms with Gasteiger partial charge in [0.2, 0.25) is 0 Å². The van der Waals surface area contributed by atoms with E-state index in [1.165, 1.54) is 11.2 Å². The van der Waals surface area contributed by atoms with Crippen LogP contribution >= 0.6 is 0 Å². The summed E-state index contributed by atoms with van der Waals surface area (Å²) in [5.41, 5.74) is 0. The van der Waals surface area contributed by atoms with Gasteiger partial charge in [0.15, 0.2) is 0 Å². The zero-order valence-corrected chi connectivity index (χ0v) is 13.4. The van der Waals surface area contributed by atoms with Crippen molar-refractivity contribution in [2.75, 3.05) is 13.1 Å². The molecule has 0 bridgehead atoms. The summed E-state index contributed by atoms with van der Waals surface area (Å²) in [5.74, 6) is -1.52. The van der Waals surface area contributed by atoms with Crippen molar-refractivity contribution < 1.29 is 21.6 Å². The van der Waals surface area contributed by atoms with Gasteiger partial charge in [-0.3, -0.25) is 5.10 Å². The van der Waals surface area contributed by atoms with E-state index in [9.17, 15) is 21.6 Å². The summed E-state index contributed by atoms with van der Waals surface area (Å²) >= 11 is 0. The molecule has 1 aromatic rings. The number of hydrogen-bond acceptors (Lipinski definition) is 4. The van der Waals surface area contributed by atoms with Gasteiger partial charge >= 0.3 is 6.18 Å². The highest BCUT2D eigenvalue weighted by atomic mass is 32.2. The van der Waals surface area contributed by atoms with Crippen molar-refractivity contribution in [1.82, 2.24) is 24.2 Å². The number of halogens is 3. The molecule has 0 amide bonds. The van der Waals surface area contributed by atoms with Gasteiger partial charge in [-0.1, -0.05) is 13.8 Å². The second kappa shape index (κ2) is 7.38. The van der Waals surface area contributed by atoms with Crippen molar-refractivity contribution in [2.24, 2.45) is 0 Å². The van der Waals surface area contributed by atoms with Crippen LogP contribution in [0.25, 0.3) is 0 Å². The molecule has 1 atom stereocenters. The van der Waals surface area contributed by atoms with Gasteiger partial charge in [-0.25, -0.2) is 4.98 Å². The minimum absolute atomic E-state index is 0.191. The Kier molecular flexibility index (Phi) is 6.32. The smallest absolute Gasteiger partial charge is 0.261 e. The van der Waals surface area contributed by atoms with Crippen LogP contribution in [-0.2, 0) is 16.4 Å².